The zero-order chi connectivity index (χ0) is 20.0. The maximum Gasteiger partial charge on any atom is 0.0801 e. The Hall–Kier alpha value is -1.15. The highest BCUT2D eigenvalue weighted by molar-refractivity contribution is 7.11. The van der Waals surface area contributed by atoms with Gasteiger partial charge in [-0.3, -0.25) is 0 Å². The first-order valence-corrected chi connectivity index (χ1v) is 12.6. The molecule has 0 spiro atoms. The van der Waals surface area contributed by atoms with Gasteiger partial charge in [-0.15, -0.1) is 11.3 Å². The summed E-state index contributed by atoms with van der Waals surface area (Å²) in [7, 11) is 0. The van der Waals surface area contributed by atoms with Gasteiger partial charge in [0.2, 0.25) is 0 Å². The van der Waals surface area contributed by atoms with Crippen LogP contribution in [0.4, 0.5) is 0 Å². The third-order valence-corrected chi connectivity index (χ3v) is 7.82. The molecule has 2 aliphatic carbocycles. The Labute approximate surface area is 177 Å². The number of hydrogen-bond donors (Lipinski definition) is 0. The van der Waals surface area contributed by atoms with E-state index in [1.807, 2.05) is 11.3 Å². The van der Waals surface area contributed by atoms with E-state index in [1.54, 1.807) is 0 Å². The molecule has 3 rings (SSSR count). The molecule has 0 radical (unpaired) electrons. The van der Waals surface area contributed by atoms with Crippen molar-refractivity contribution in [2.24, 2.45) is 11.8 Å². The normalized spacial score (nSPS) is 22.4. The summed E-state index contributed by atoms with van der Waals surface area (Å²) in [5.74, 6) is 1.59. The van der Waals surface area contributed by atoms with Gasteiger partial charge in [-0.05, 0) is 30.3 Å². The predicted molar refractivity (Wildman–Crippen MR) is 125 cm³/mol. The van der Waals surface area contributed by atoms with Gasteiger partial charge in [0, 0.05) is 11.0 Å². The van der Waals surface area contributed by atoms with Crippen LogP contribution in [0.5, 0.6) is 0 Å². The molecule has 154 valence electrons. The number of aromatic nitrogens is 1. The third kappa shape index (κ3) is 4.53. The summed E-state index contributed by atoms with van der Waals surface area (Å²) in [4.78, 5) is 6.45. The van der Waals surface area contributed by atoms with Gasteiger partial charge in [0.25, 0.3) is 0 Å². The summed E-state index contributed by atoms with van der Waals surface area (Å²) < 4.78 is 0. The molecule has 0 N–H and O–H groups in total. The van der Waals surface area contributed by atoms with E-state index >= 15 is 0 Å². The van der Waals surface area contributed by atoms with Gasteiger partial charge in [0.1, 0.15) is 0 Å². The van der Waals surface area contributed by atoms with Crippen molar-refractivity contribution in [1.29, 1.82) is 0 Å². The number of nitrogens with zero attached hydrogens (tertiary/aromatic N) is 1. The van der Waals surface area contributed by atoms with Crippen molar-refractivity contribution in [2.75, 3.05) is 0 Å². The van der Waals surface area contributed by atoms with Gasteiger partial charge in [-0.25, -0.2) is 4.98 Å². The summed E-state index contributed by atoms with van der Waals surface area (Å²) in [6.45, 7) is 9.42. The molecule has 0 saturated carbocycles. The molecule has 2 heteroatoms. The number of allylic oxidation sites excluding steroid dienone is 6. The van der Waals surface area contributed by atoms with Crippen LogP contribution in [0.2, 0.25) is 0 Å². The van der Waals surface area contributed by atoms with E-state index in [0.29, 0.717) is 0 Å². The molecule has 2 atom stereocenters. The Bertz CT molecular complexity index is 703. The highest BCUT2D eigenvalue weighted by Crippen LogP contribution is 2.51. The van der Waals surface area contributed by atoms with Crippen LogP contribution >= 0.6 is 11.3 Å². The van der Waals surface area contributed by atoms with Gasteiger partial charge in [-0.2, -0.15) is 0 Å². The maximum atomic E-state index is 5.01. The van der Waals surface area contributed by atoms with Crippen molar-refractivity contribution in [2.45, 2.75) is 97.3 Å². The van der Waals surface area contributed by atoms with Crippen molar-refractivity contribution in [1.82, 2.24) is 4.98 Å². The van der Waals surface area contributed by atoms with Crippen molar-refractivity contribution in [3.05, 3.63) is 46.0 Å². The summed E-state index contributed by atoms with van der Waals surface area (Å²) in [5.41, 5.74) is 6.47. The van der Waals surface area contributed by atoms with Gasteiger partial charge in [-0.1, -0.05) is 103 Å². The molecule has 1 aromatic rings. The van der Waals surface area contributed by atoms with E-state index in [4.69, 9.17) is 4.98 Å². The van der Waals surface area contributed by atoms with E-state index in [0.717, 1.165) is 11.8 Å². The topological polar surface area (TPSA) is 12.9 Å². The summed E-state index contributed by atoms with van der Waals surface area (Å²) in [5, 5.41) is 0. The molecule has 28 heavy (non-hydrogen) atoms. The zero-order valence-corrected chi connectivity index (χ0v) is 19.3. The standard InChI is InChI=1S/C26H39NS/c1-5-9-12-20(7-3)16-26(17-21(8-4)13-10-6-2)18-22-14-11-15-23(22)24-25(26)27-19-28-24/h11,14-15,18-21H,5-10,12-13,16-17H2,1-4H3. The van der Waals surface area contributed by atoms with Gasteiger partial charge in [0.05, 0.1) is 16.1 Å². The lowest BCUT2D eigenvalue weighted by atomic mass is 9.65. The summed E-state index contributed by atoms with van der Waals surface area (Å²) >= 11 is 1.85. The summed E-state index contributed by atoms with van der Waals surface area (Å²) in [6, 6.07) is 0. The SMILES string of the molecule is CCCCC(CC)CC1(CC(CC)CCCC)C=C2C=CC=C2c2scnc21. The smallest absolute Gasteiger partial charge is 0.0801 e. The minimum atomic E-state index is 0.125. The van der Waals surface area contributed by atoms with Crippen LogP contribution in [0.3, 0.4) is 0 Å². The molecule has 1 aromatic heterocycles. The van der Waals surface area contributed by atoms with Crippen LogP contribution in [0.15, 0.2) is 35.4 Å². The highest BCUT2D eigenvalue weighted by atomic mass is 32.1. The number of hydrogen-bond acceptors (Lipinski definition) is 2. The molecule has 2 unspecified atom stereocenters. The van der Waals surface area contributed by atoms with E-state index in [1.165, 1.54) is 85.9 Å². The zero-order valence-electron chi connectivity index (χ0n) is 18.5. The Morgan fingerprint density at radius 3 is 2.18 bits per heavy atom. The first-order valence-electron chi connectivity index (χ1n) is 11.7. The molecule has 1 heterocycles. The molecule has 1 nitrogen and oxygen atoms in total. The Morgan fingerprint density at radius 2 is 1.61 bits per heavy atom. The molecule has 0 bridgehead atoms. The van der Waals surface area contributed by atoms with E-state index in [9.17, 15) is 0 Å². The second-order valence-corrected chi connectivity index (χ2v) is 9.82. The van der Waals surface area contributed by atoms with Crippen LogP contribution in [0.25, 0.3) is 5.57 Å². The molecule has 0 aliphatic heterocycles. The number of fused-ring (bicyclic) bond motifs is 3. The second-order valence-electron chi connectivity index (χ2n) is 8.97. The molecule has 0 aromatic carbocycles. The fraction of sp³-hybridized carbons (Fsp3) is 0.654. The molecule has 0 saturated heterocycles. The number of unbranched alkanes of at least 4 members (excludes halogenated alkanes) is 2. The van der Waals surface area contributed by atoms with Crippen LogP contribution in [0, 0.1) is 11.8 Å². The number of rotatable bonds is 12. The first kappa shape index (κ1) is 21.6. The molecule has 0 amide bonds. The lowest BCUT2D eigenvalue weighted by Crippen LogP contribution is -2.33. The lowest BCUT2D eigenvalue weighted by Gasteiger charge is -2.39. The van der Waals surface area contributed by atoms with Crippen molar-refractivity contribution in [3.8, 4) is 0 Å². The van der Waals surface area contributed by atoms with Gasteiger partial charge < -0.3 is 0 Å². The van der Waals surface area contributed by atoms with Crippen molar-refractivity contribution >= 4 is 16.9 Å². The first-order chi connectivity index (χ1) is 13.7. The highest BCUT2D eigenvalue weighted by Gasteiger charge is 2.42. The van der Waals surface area contributed by atoms with Crippen LogP contribution in [-0.2, 0) is 5.41 Å². The Morgan fingerprint density at radius 1 is 0.964 bits per heavy atom. The van der Waals surface area contributed by atoms with Crippen LogP contribution in [0.1, 0.15) is 102 Å². The average Bonchev–Trinajstić information content (AvgIpc) is 3.37. The summed E-state index contributed by atoms with van der Waals surface area (Å²) in [6.07, 6.45) is 22.6. The minimum Gasteiger partial charge on any atom is -0.248 e. The largest absolute Gasteiger partial charge is 0.248 e. The van der Waals surface area contributed by atoms with Crippen molar-refractivity contribution < 1.29 is 0 Å². The lowest BCUT2D eigenvalue weighted by molar-refractivity contribution is 0.263. The monoisotopic (exact) mass is 397 g/mol. The average molecular weight is 398 g/mol. The molecule has 0 fully saturated rings. The molecule has 2 aliphatic rings. The maximum absolute atomic E-state index is 5.01. The fourth-order valence-corrected chi connectivity index (χ4v) is 6.18. The Balaban J connectivity index is 1.98. The van der Waals surface area contributed by atoms with E-state index in [2.05, 4.69) is 57.5 Å². The molecular formula is C26H39NS. The van der Waals surface area contributed by atoms with Gasteiger partial charge >= 0.3 is 0 Å². The molecular weight excluding hydrogens is 358 g/mol. The Kier molecular flexibility index (Phi) is 7.74. The van der Waals surface area contributed by atoms with Crippen LogP contribution < -0.4 is 0 Å². The quantitative estimate of drug-likeness (QED) is 0.344. The van der Waals surface area contributed by atoms with Crippen LogP contribution in [-0.4, -0.2) is 4.98 Å². The van der Waals surface area contributed by atoms with Crippen molar-refractivity contribution in [3.63, 3.8) is 0 Å². The third-order valence-electron chi connectivity index (χ3n) is 6.96. The van der Waals surface area contributed by atoms with E-state index in [-0.39, 0.29) is 5.41 Å². The second kappa shape index (κ2) is 10.1. The predicted octanol–water partition coefficient (Wildman–Crippen LogP) is 8.49. The minimum absolute atomic E-state index is 0.125. The van der Waals surface area contributed by atoms with Gasteiger partial charge in [0.15, 0.2) is 0 Å². The number of thiazole rings is 1. The van der Waals surface area contributed by atoms with E-state index < -0.39 is 0 Å². The fourth-order valence-electron chi connectivity index (χ4n) is 5.24.